The molecule has 5 heterocycles. The van der Waals surface area contributed by atoms with E-state index < -0.39 is 0 Å². The molecule has 0 spiro atoms. The van der Waals surface area contributed by atoms with Gasteiger partial charge >= 0.3 is 6.85 Å². The highest BCUT2D eigenvalue weighted by Gasteiger charge is 2.39. The Kier molecular flexibility index (Phi) is 6.79. The van der Waals surface area contributed by atoms with Gasteiger partial charge in [-0.1, -0.05) is 91.0 Å². The third kappa shape index (κ3) is 4.80. The van der Waals surface area contributed by atoms with Crippen LogP contribution in [0.1, 0.15) is 5.56 Å². The zero-order valence-electron chi connectivity index (χ0n) is 25.8. The number of rotatable bonds is 5. The normalized spacial score (nSPS) is 13.0. The first kappa shape index (κ1) is 27.8. The van der Waals surface area contributed by atoms with Crippen molar-refractivity contribution in [1.82, 2.24) is 24.9 Å². The lowest BCUT2D eigenvalue weighted by molar-refractivity contribution is 1.07. The van der Waals surface area contributed by atoms with Crippen molar-refractivity contribution in [2.45, 2.75) is 0 Å². The topological polar surface area (TPSA) is 67.7 Å². The summed E-state index contributed by atoms with van der Waals surface area (Å²) >= 11 is 0. The predicted molar refractivity (Wildman–Crippen MR) is 194 cm³/mol. The fourth-order valence-corrected chi connectivity index (χ4v) is 6.80. The van der Waals surface area contributed by atoms with Crippen LogP contribution in [-0.2, 0) is 0 Å². The highest BCUT2D eigenvalue weighted by Crippen LogP contribution is 2.47. The molecule has 4 aromatic carbocycles. The number of hydrogen-bond acceptors (Lipinski definition) is 6. The molecule has 0 amide bonds. The number of aromatic nitrogens is 5. The van der Waals surface area contributed by atoms with E-state index in [0.29, 0.717) is 17.5 Å². The van der Waals surface area contributed by atoms with Crippen LogP contribution in [0.5, 0.6) is 0 Å². The van der Waals surface area contributed by atoms with E-state index in [9.17, 15) is 0 Å². The summed E-state index contributed by atoms with van der Waals surface area (Å²) in [4.78, 5) is 25.9. The number of nitrogens with zero attached hydrogens (tertiary/aromatic N) is 6. The Balaban J connectivity index is 1.31. The maximum atomic E-state index is 5.08. The van der Waals surface area contributed by atoms with Gasteiger partial charge in [-0.2, -0.15) is 0 Å². The summed E-state index contributed by atoms with van der Waals surface area (Å²) in [5.74, 6) is 1.77. The molecule has 3 aromatic heterocycles. The second kappa shape index (κ2) is 11.7. The third-order valence-electron chi connectivity index (χ3n) is 8.98. The SMILES string of the molecule is C1=CN2B(C(c3ccccc3)=C1)c1ccccc1-c1c(-c3ccccc3)cc(-c3nc(-c4ccncc4)nc(-c4ccncc4)n3)cc12. The van der Waals surface area contributed by atoms with Crippen molar-refractivity contribution in [1.29, 1.82) is 0 Å². The number of hydrogen-bond donors (Lipinski definition) is 0. The van der Waals surface area contributed by atoms with E-state index in [-0.39, 0.29) is 6.85 Å². The van der Waals surface area contributed by atoms with Crippen LogP contribution in [0, 0.1) is 0 Å². The lowest BCUT2D eigenvalue weighted by Gasteiger charge is -2.40. The molecule has 0 N–H and O–H groups in total. The molecule has 6 nitrogen and oxygen atoms in total. The first-order chi connectivity index (χ1) is 23.8. The molecule has 0 fully saturated rings. The zero-order valence-corrected chi connectivity index (χ0v) is 25.8. The molecular formula is C41H27BN6. The lowest BCUT2D eigenvalue weighted by Crippen LogP contribution is -2.51. The van der Waals surface area contributed by atoms with Crippen molar-refractivity contribution >= 4 is 23.5 Å². The van der Waals surface area contributed by atoms with Crippen molar-refractivity contribution in [3.8, 4) is 56.4 Å². The Morgan fingerprint density at radius 1 is 0.479 bits per heavy atom. The van der Waals surface area contributed by atoms with Crippen LogP contribution in [0.2, 0.25) is 0 Å². The fraction of sp³-hybridized carbons (Fsp3) is 0. The average Bonchev–Trinajstić information content (AvgIpc) is 3.18. The van der Waals surface area contributed by atoms with Crippen LogP contribution in [0.4, 0.5) is 5.69 Å². The standard InChI is InChI=1S/C41H27BN6/c1-3-10-28(11-4-1)34-26-32(41-46-39(30-17-21-43-22-18-30)45-40(47-41)31-19-23-44-24-20-31)27-37-38(34)33-14-7-8-15-36(33)42-35(16-9-25-48(37)42)29-12-5-2-6-13-29/h1-27H. The summed E-state index contributed by atoms with van der Waals surface area (Å²) in [6.45, 7) is -0.00177. The minimum absolute atomic E-state index is 0.00177. The molecule has 0 saturated carbocycles. The van der Waals surface area contributed by atoms with Gasteiger partial charge in [0.1, 0.15) is 0 Å². The first-order valence-electron chi connectivity index (χ1n) is 15.9. The highest BCUT2D eigenvalue weighted by atomic mass is 15.1. The van der Waals surface area contributed by atoms with E-state index in [1.54, 1.807) is 24.8 Å². The van der Waals surface area contributed by atoms with Crippen LogP contribution in [0.25, 0.3) is 61.9 Å². The summed E-state index contributed by atoms with van der Waals surface area (Å²) in [5.41, 5.74) is 12.1. The van der Waals surface area contributed by atoms with E-state index >= 15 is 0 Å². The molecular weight excluding hydrogens is 587 g/mol. The van der Waals surface area contributed by atoms with Gasteiger partial charge in [-0.3, -0.25) is 9.97 Å². The molecule has 0 bridgehead atoms. The molecule has 7 aromatic rings. The second-order valence-electron chi connectivity index (χ2n) is 11.8. The lowest BCUT2D eigenvalue weighted by atomic mass is 9.43. The van der Waals surface area contributed by atoms with Gasteiger partial charge in [0, 0.05) is 52.7 Å². The second-order valence-corrected chi connectivity index (χ2v) is 11.8. The van der Waals surface area contributed by atoms with Gasteiger partial charge in [0.2, 0.25) is 0 Å². The number of anilines is 1. The molecule has 7 heteroatoms. The summed E-state index contributed by atoms with van der Waals surface area (Å²) in [6, 6.07) is 42.2. The van der Waals surface area contributed by atoms with E-state index in [1.165, 1.54) is 27.6 Å². The monoisotopic (exact) mass is 614 g/mol. The van der Waals surface area contributed by atoms with Gasteiger partial charge in [-0.25, -0.2) is 15.0 Å². The van der Waals surface area contributed by atoms with Crippen LogP contribution >= 0.6 is 0 Å². The number of fused-ring (bicyclic) bond motifs is 6. The smallest absolute Gasteiger partial charge is 0.328 e. The number of benzene rings is 4. The highest BCUT2D eigenvalue weighted by molar-refractivity contribution is 6.94. The molecule has 0 aliphatic carbocycles. The largest absolute Gasteiger partial charge is 0.382 e. The Bertz CT molecular complexity index is 2290. The van der Waals surface area contributed by atoms with Gasteiger partial charge in [-0.15, -0.1) is 0 Å². The molecule has 224 valence electrons. The molecule has 9 rings (SSSR count). The average molecular weight is 615 g/mol. The van der Waals surface area contributed by atoms with Crippen molar-refractivity contribution in [3.63, 3.8) is 0 Å². The van der Waals surface area contributed by atoms with E-state index in [0.717, 1.165) is 33.5 Å². The summed E-state index contributed by atoms with van der Waals surface area (Å²) in [7, 11) is 0. The molecule has 48 heavy (non-hydrogen) atoms. The van der Waals surface area contributed by atoms with Gasteiger partial charge < -0.3 is 4.81 Å². The minimum Gasteiger partial charge on any atom is -0.382 e. The summed E-state index contributed by atoms with van der Waals surface area (Å²) in [6.07, 6.45) is 13.6. The maximum absolute atomic E-state index is 5.08. The fourth-order valence-electron chi connectivity index (χ4n) is 6.80. The first-order valence-corrected chi connectivity index (χ1v) is 15.9. The molecule has 0 atom stereocenters. The molecule has 2 aliphatic heterocycles. The van der Waals surface area contributed by atoms with Gasteiger partial charge in [0.05, 0.1) is 0 Å². The molecule has 0 radical (unpaired) electrons. The minimum atomic E-state index is -0.00177. The number of allylic oxidation sites excluding steroid dienone is 2. The maximum Gasteiger partial charge on any atom is 0.328 e. The van der Waals surface area contributed by atoms with Crippen molar-refractivity contribution < 1.29 is 0 Å². The van der Waals surface area contributed by atoms with Gasteiger partial charge in [0.15, 0.2) is 17.5 Å². The Morgan fingerprint density at radius 3 is 1.69 bits per heavy atom. The van der Waals surface area contributed by atoms with Crippen LogP contribution in [-0.4, -0.2) is 31.8 Å². The van der Waals surface area contributed by atoms with Crippen LogP contribution in [0.15, 0.2) is 164 Å². The van der Waals surface area contributed by atoms with Crippen molar-refractivity contribution in [3.05, 3.63) is 170 Å². The predicted octanol–water partition coefficient (Wildman–Crippen LogP) is 8.17. The number of pyridine rings is 2. The van der Waals surface area contributed by atoms with E-state index in [4.69, 9.17) is 15.0 Å². The van der Waals surface area contributed by atoms with Crippen LogP contribution in [0.3, 0.4) is 0 Å². The molecule has 2 aliphatic rings. The molecule has 0 unspecified atom stereocenters. The van der Waals surface area contributed by atoms with Crippen LogP contribution < -0.4 is 10.3 Å². The Morgan fingerprint density at radius 2 is 1.04 bits per heavy atom. The Hall–Kier alpha value is -6.47. The van der Waals surface area contributed by atoms with Gasteiger partial charge in [0.25, 0.3) is 0 Å². The summed E-state index contributed by atoms with van der Waals surface area (Å²) in [5, 5.41) is 0. The Labute approximate surface area is 279 Å². The molecule has 0 saturated heterocycles. The van der Waals surface area contributed by atoms with E-state index in [2.05, 4.69) is 130 Å². The summed E-state index contributed by atoms with van der Waals surface area (Å²) < 4.78 is 0. The van der Waals surface area contributed by atoms with E-state index in [1.807, 2.05) is 24.3 Å². The third-order valence-corrected chi connectivity index (χ3v) is 8.98. The quantitative estimate of drug-likeness (QED) is 0.182. The zero-order chi connectivity index (χ0) is 31.9. The van der Waals surface area contributed by atoms with Crippen molar-refractivity contribution in [2.75, 3.05) is 4.81 Å². The van der Waals surface area contributed by atoms with Gasteiger partial charge in [-0.05, 0) is 81.9 Å². The van der Waals surface area contributed by atoms with Crippen molar-refractivity contribution in [2.24, 2.45) is 0 Å².